The van der Waals surface area contributed by atoms with E-state index in [1.165, 1.54) is 0 Å². The molecule has 0 N–H and O–H groups in total. The van der Waals surface area contributed by atoms with Gasteiger partial charge in [0, 0.05) is 50.3 Å². The van der Waals surface area contributed by atoms with Crippen LogP contribution in [0.4, 0.5) is 0 Å². The number of aromatic nitrogens is 3. The first-order valence-electron chi connectivity index (χ1n) is 12.4. The number of ether oxygens (including phenoxy) is 3. The number of hydrogen-bond acceptors (Lipinski definition) is 5. The third kappa shape index (κ3) is 4.91. The monoisotopic (exact) mass is 500 g/mol. The molecule has 1 fully saturated rings. The predicted molar refractivity (Wildman–Crippen MR) is 141 cm³/mol. The summed E-state index contributed by atoms with van der Waals surface area (Å²) in [4.78, 5) is 20.1. The lowest BCUT2D eigenvalue weighted by Gasteiger charge is -2.32. The van der Waals surface area contributed by atoms with E-state index in [-0.39, 0.29) is 11.8 Å². The Morgan fingerprint density at radius 2 is 1.59 bits per heavy atom. The summed E-state index contributed by atoms with van der Waals surface area (Å²) in [5, 5.41) is 0. The van der Waals surface area contributed by atoms with Gasteiger partial charge in [-0.1, -0.05) is 12.1 Å². The van der Waals surface area contributed by atoms with Gasteiger partial charge in [-0.05, 0) is 54.8 Å². The maximum atomic E-state index is 13.4. The summed E-state index contributed by atoms with van der Waals surface area (Å²) in [6.07, 6.45) is 9.51. The second-order valence-electron chi connectivity index (χ2n) is 9.12. The van der Waals surface area contributed by atoms with Gasteiger partial charge in [0.15, 0.2) is 11.5 Å². The first-order valence-corrected chi connectivity index (χ1v) is 12.4. The Hall–Kier alpha value is -4.20. The predicted octanol–water partition coefficient (Wildman–Crippen LogP) is 4.77. The van der Waals surface area contributed by atoms with Crippen molar-refractivity contribution in [3.05, 3.63) is 90.3 Å². The van der Waals surface area contributed by atoms with Crippen molar-refractivity contribution in [1.29, 1.82) is 0 Å². The van der Waals surface area contributed by atoms with E-state index in [9.17, 15) is 4.79 Å². The number of para-hydroxylation sites is 1. The minimum Gasteiger partial charge on any atom is -0.493 e. The SMILES string of the molecule is COc1cc(Cn2ccnc2C2CCN(C(=O)c3ccccc3-n3cccc3)CC2)cc(OC)c1OC. The number of nitrogens with zero attached hydrogens (tertiary/aromatic N) is 4. The molecule has 0 spiro atoms. The molecule has 1 amide bonds. The highest BCUT2D eigenvalue weighted by atomic mass is 16.5. The fourth-order valence-electron chi connectivity index (χ4n) is 5.12. The Balaban J connectivity index is 1.29. The van der Waals surface area contributed by atoms with Gasteiger partial charge in [-0.3, -0.25) is 4.79 Å². The van der Waals surface area contributed by atoms with E-state index in [0.717, 1.165) is 35.5 Å². The van der Waals surface area contributed by atoms with E-state index < -0.39 is 0 Å². The maximum absolute atomic E-state index is 13.4. The van der Waals surface area contributed by atoms with E-state index in [1.54, 1.807) is 21.3 Å². The summed E-state index contributed by atoms with van der Waals surface area (Å²) in [6, 6.07) is 15.6. The van der Waals surface area contributed by atoms with Gasteiger partial charge >= 0.3 is 0 Å². The molecule has 1 saturated heterocycles. The Morgan fingerprint density at radius 3 is 2.24 bits per heavy atom. The number of methoxy groups -OCH3 is 3. The Bertz CT molecular complexity index is 1330. The average Bonchev–Trinajstić information content (AvgIpc) is 3.65. The summed E-state index contributed by atoms with van der Waals surface area (Å²) in [6.45, 7) is 2.02. The number of hydrogen-bond donors (Lipinski definition) is 0. The zero-order valence-corrected chi connectivity index (χ0v) is 21.5. The zero-order chi connectivity index (χ0) is 25.8. The molecule has 4 aromatic rings. The third-order valence-corrected chi connectivity index (χ3v) is 6.99. The minimum atomic E-state index is 0.0727. The molecule has 1 aliphatic heterocycles. The van der Waals surface area contributed by atoms with Crippen LogP contribution in [0.3, 0.4) is 0 Å². The number of imidazole rings is 1. The summed E-state index contributed by atoms with van der Waals surface area (Å²) in [5.41, 5.74) is 2.66. The first kappa shape index (κ1) is 24.5. The molecule has 192 valence electrons. The van der Waals surface area contributed by atoms with Gasteiger partial charge in [0.25, 0.3) is 5.91 Å². The summed E-state index contributed by atoms with van der Waals surface area (Å²) < 4.78 is 20.6. The van der Waals surface area contributed by atoms with Crippen LogP contribution in [0.15, 0.2) is 73.3 Å². The lowest BCUT2D eigenvalue weighted by atomic mass is 9.95. The van der Waals surface area contributed by atoms with Crippen molar-refractivity contribution in [1.82, 2.24) is 19.0 Å². The van der Waals surface area contributed by atoms with Crippen LogP contribution in [0.25, 0.3) is 5.69 Å². The van der Waals surface area contributed by atoms with Crippen molar-refractivity contribution in [3.8, 4) is 22.9 Å². The minimum absolute atomic E-state index is 0.0727. The highest BCUT2D eigenvalue weighted by molar-refractivity contribution is 5.97. The number of amides is 1. The molecule has 5 rings (SSSR count). The molecule has 0 atom stereocenters. The molecule has 0 saturated carbocycles. The molecule has 3 heterocycles. The molecule has 1 aliphatic rings. The second-order valence-corrected chi connectivity index (χ2v) is 9.12. The van der Waals surface area contributed by atoms with Crippen LogP contribution < -0.4 is 14.2 Å². The average molecular weight is 501 g/mol. The Kier molecular flexibility index (Phi) is 7.16. The number of carbonyl (C=O) groups is 1. The van der Waals surface area contributed by atoms with E-state index >= 15 is 0 Å². The van der Waals surface area contributed by atoms with Gasteiger partial charge < -0.3 is 28.2 Å². The van der Waals surface area contributed by atoms with Crippen LogP contribution in [-0.4, -0.2) is 59.3 Å². The van der Waals surface area contributed by atoms with Crippen molar-refractivity contribution in [2.24, 2.45) is 0 Å². The van der Waals surface area contributed by atoms with Crippen LogP contribution in [0.2, 0.25) is 0 Å². The van der Waals surface area contributed by atoms with Crippen molar-refractivity contribution in [2.45, 2.75) is 25.3 Å². The van der Waals surface area contributed by atoms with Gasteiger partial charge in [0.2, 0.25) is 5.75 Å². The molecule has 37 heavy (non-hydrogen) atoms. The smallest absolute Gasteiger partial charge is 0.255 e. The van der Waals surface area contributed by atoms with Crippen molar-refractivity contribution in [3.63, 3.8) is 0 Å². The zero-order valence-electron chi connectivity index (χ0n) is 21.5. The molecule has 2 aromatic heterocycles. The summed E-state index contributed by atoms with van der Waals surface area (Å²) in [5.74, 6) is 3.23. The van der Waals surface area contributed by atoms with Crippen molar-refractivity contribution in [2.75, 3.05) is 34.4 Å². The second kappa shape index (κ2) is 10.8. The molecule has 0 unspecified atom stereocenters. The van der Waals surface area contributed by atoms with Gasteiger partial charge in [-0.15, -0.1) is 0 Å². The van der Waals surface area contributed by atoms with Gasteiger partial charge in [0.05, 0.1) is 32.6 Å². The molecule has 2 aromatic carbocycles. The van der Waals surface area contributed by atoms with E-state index in [1.807, 2.05) is 82.8 Å². The topological polar surface area (TPSA) is 70.8 Å². The third-order valence-electron chi connectivity index (χ3n) is 6.99. The molecule has 8 nitrogen and oxygen atoms in total. The summed E-state index contributed by atoms with van der Waals surface area (Å²) in [7, 11) is 4.84. The fraction of sp³-hybridized carbons (Fsp3) is 0.310. The van der Waals surface area contributed by atoms with Crippen LogP contribution in [0.5, 0.6) is 17.2 Å². The van der Waals surface area contributed by atoms with Gasteiger partial charge in [-0.2, -0.15) is 0 Å². The van der Waals surface area contributed by atoms with Crippen molar-refractivity contribution < 1.29 is 19.0 Å². The number of piperidine rings is 1. The lowest BCUT2D eigenvalue weighted by Crippen LogP contribution is -2.38. The number of carbonyl (C=O) groups excluding carboxylic acids is 1. The van der Waals surface area contributed by atoms with E-state index in [2.05, 4.69) is 4.57 Å². The Morgan fingerprint density at radius 1 is 0.919 bits per heavy atom. The van der Waals surface area contributed by atoms with Crippen molar-refractivity contribution >= 4 is 5.91 Å². The van der Waals surface area contributed by atoms with Crippen LogP contribution in [-0.2, 0) is 6.54 Å². The first-order chi connectivity index (χ1) is 18.1. The highest BCUT2D eigenvalue weighted by Crippen LogP contribution is 2.38. The maximum Gasteiger partial charge on any atom is 0.255 e. The molecule has 8 heteroatoms. The summed E-state index contributed by atoms with van der Waals surface area (Å²) >= 11 is 0. The van der Waals surface area contributed by atoms with E-state index in [0.29, 0.717) is 36.9 Å². The van der Waals surface area contributed by atoms with E-state index in [4.69, 9.17) is 19.2 Å². The number of rotatable bonds is 8. The normalized spacial score (nSPS) is 14.0. The van der Waals surface area contributed by atoms with Crippen LogP contribution in [0.1, 0.15) is 40.5 Å². The van der Waals surface area contributed by atoms with Crippen LogP contribution in [0, 0.1) is 0 Å². The quantitative estimate of drug-likeness (QED) is 0.349. The fourth-order valence-corrected chi connectivity index (χ4v) is 5.12. The molecule has 0 bridgehead atoms. The van der Waals surface area contributed by atoms with Gasteiger partial charge in [-0.25, -0.2) is 4.98 Å². The Labute approximate surface area is 217 Å². The molecule has 0 aliphatic carbocycles. The number of likely N-dealkylation sites (tertiary alicyclic amines) is 1. The van der Waals surface area contributed by atoms with Crippen LogP contribution >= 0.6 is 0 Å². The lowest BCUT2D eigenvalue weighted by molar-refractivity contribution is 0.0710. The molecule has 0 radical (unpaired) electrons. The molecular formula is C29H32N4O4. The largest absolute Gasteiger partial charge is 0.493 e. The van der Waals surface area contributed by atoms with Gasteiger partial charge in [0.1, 0.15) is 5.82 Å². The molecular weight excluding hydrogens is 468 g/mol. The highest BCUT2D eigenvalue weighted by Gasteiger charge is 2.28. The number of benzene rings is 2. The standard InChI is InChI=1S/C29H32N4O4/c1-35-25-18-21(19-26(36-2)27(25)37-3)20-33-17-12-30-28(33)22-10-15-32(16-11-22)29(34)23-8-4-5-9-24(23)31-13-6-7-14-31/h4-9,12-14,17-19,22H,10-11,15-16,20H2,1-3H3.